The molecular formula is C20H24F2N4O4S. The third kappa shape index (κ3) is 5.23. The number of aliphatic hydroxyl groups is 1. The predicted molar refractivity (Wildman–Crippen MR) is 110 cm³/mol. The molecule has 168 valence electrons. The summed E-state index contributed by atoms with van der Waals surface area (Å²) in [5, 5.41) is 13.9. The molecule has 0 spiro atoms. The Morgan fingerprint density at radius 2 is 2.00 bits per heavy atom. The smallest absolute Gasteiger partial charge is 0.303 e. The molecule has 0 radical (unpaired) electrons. The van der Waals surface area contributed by atoms with E-state index in [4.69, 9.17) is 4.74 Å². The molecule has 11 heteroatoms. The van der Waals surface area contributed by atoms with Crippen molar-refractivity contribution in [2.75, 3.05) is 11.5 Å². The van der Waals surface area contributed by atoms with Crippen LogP contribution in [-0.2, 0) is 14.3 Å². The number of ether oxygens (including phenoxy) is 1. The maximum atomic E-state index is 13.7. The van der Waals surface area contributed by atoms with Gasteiger partial charge in [0.05, 0.1) is 11.4 Å². The number of carbonyl (C=O) groups excluding carboxylic acids is 2. The molecule has 0 aliphatic heterocycles. The van der Waals surface area contributed by atoms with Crippen molar-refractivity contribution >= 4 is 34.0 Å². The minimum atomic E-state index is -1.12. The number of aromatic nitrogens is 2. The van der Waals surface area contributed by atoms with Gasteiger partial charge in [-0.1, -0.05) is 13.8 Å². The van der Waals surface area contributed by atoms with E-state index in [1.165, 1.54) is 0 Å². The number of nitrogens with zero attached hydrogens (tertiary/aromatic N) is 3. The summed E-state index contributed by atoms with van der Waals surface area (Å²) in [6, 6.07) is 1.85. The van der Waals surface area contributed by atoms with E-state index in [1.807, 2.05) is 0 Å². The molecule has 1 aliphatic carbocycles. The van der Waals surface area contributed by atoms with Crippen LogP contribution >= 0.6 is 11.3 Å². The van der Waals surface area contributed by atoms with Gasteiger partial charge < -0.3 is 9.84 Å². The zero-order valence-corrected chi connectivity index (χ0v) is 18.4. The standard InChI is InChI=1S/C20H24F2N4O4S/c1-10-17(18(29)23-13-5-6-20(13,3)4)25-19(31-10)26(16(28)9-30-11(2)27)12-7-14(21)24-15(22)8-12/h7-8,13,18,23,29H,5-6,9H2,1-4H3. The Labute approximate surface area is 182 Å². The monoisotopic (exact) mass is 454 g/mol. The van der Waals surface area contributed by atoms with Crippen LogP contribution in [0.15, 0.2) is 12.1 Å². The maximum Gasteiger partial charge on any atom is 0.303 e. The summed E-state index contributed by atoms with van der Waals surface area (Å²) in [6.45, 7) is 6.41. The Kier molecular flexibility index (Phi) is 6.68. The first-order valence-electron chi connectivity index (χ1n) is 9.69. The molecule has 1 aliphatic rings. The van der Waals surface area contributed by atoms with E-state index in [1.54, 1.807) is 6.92 Å². The average molecular weight is 454 g/mol. The Morgan fingerprint density at radius 3 is 2.52 bits per heavy atom. The predicted octanol–water partition coefficient (Wildman–Crippen LogP) is 3.12. The number of halogens is 2. The fourth-order valence-corrected chi connectivity index (χ4v) is 4.34. The number of nitrogens with one attached hydrogen (secondary N) is 1. The summed E-state index contributed by atoms with van der Waals surface area (Å²) < 4.78 is 32.2. The van der Waals surface area contributed by atoms with E-state index in [0.29, 0.717) is 10.6 Å². The molecule has 0 aromatic carbocycles. The number of thiazole rings is 1. The number of amides is 1. The van der Waals surface area contributed by atoms with Gasteiger partial charge in [-0.15, -0.1) is 11.3 Å². The summed E-state index contributed by atoms with van der Waals surface area (Å²) in [5.74, 6) is -3.69. The van der Waals surface area contributed by atoms with Crippen LogP contribution in [0.3, 0.4) is 0 Å². The van der Waals surface area contributed by atoms with Gasteiger partial charge in [-0.05, 0) is 25.2 Å². The number of hydrogen-bond donors (Lipinski definition) is 2. The van der Waals surface area contributed by atoms with Gasteiger partial charge in [-0.3, -0.25) is 19.8 Å². The van der Waals surface area contributed by atoms with E-state index in [0.717, 1.165) is 48.1 Å². The van der Waals surface area contributed by atoms with Gasteiger partial charge in [0.1, 0.15) is 6.23 Å². The highest BCUT2D eigenvalue weighted by Gasteiger charge is 2.40. The summed E-state index contributed by atoms with van der Waals surface area (Å²) >= 11 is 1.06. The van der Waals surface area contributed by atoms with Crippen molar-refractivity contribution in [3.63, 3.8) is 0 Å². The van der Waals surface area contributed by atoms with Gasteiger partial charge in [0.2, 0.25) is 11.9 Å². The van der Waals surface area contributed by atoms with E-state index in [-0.39, 0.29) is 22.3 Å². The average Bonchev–Trinajstić information content (AvgIpc) is 3.04. The molecular weight excluding hydrogens is 430 g/mol. The lowest BCUT2D eigenvalue weighted by atomic mass is 9.67. The van der Waals surface area contributed by atoms with Crippen LogP contribution in [-0.4, -0.2) is 39.6 Å². The Balaban J connectivity index is 1.92. The zero-order chi connectivity index (χ0) is 22.9. The zero-order valence-electron chi connectivity index (χ0n) is 17.6. The summed E-state index contributed by atoms with van der Waals surface area (Å²) in [7, 11) is 0. The van der Waals surface area contributed by atoms with Gasteiger partial charge in [0, 0.05) is 30.0 Å². The minimum absolute atomic E-state index is 0.0475. The molecule has 1 fully saturated rings. The van der Waals surface area contributed by atoms with Crippen LogP contribution in [0.2, 0.25) is 0 Å². The van der Waals surface area contributed by atoms with E-state index >= 15 is 0 Å². The number of anilines is 2. The lowest BCUT2D eigenvalue weighted by Gasteiger charge is -2.45. The van der Waals surface area contributed by atoms with Crippen molar-refractivity contribution in [2.45, 2.75) is 52.8 Å². The van der Waals surface area contributed by atoms with Gasteiger partial charge in [0.25, 0.3) is 5.91 Å². The highest BCUT2D eigenvalue weighted by atomic mass is 32.1. The number of carbonyl (C=O) groups is 2. The lowest BCUT2D eigenvalue weighted by molar-refractivity contribution is -0.145. The molecule has 1 saturated carbocycles. The summed E-state index contributed by atoms with van der Waals surface area (Å²) in [5.41, 5.74) is 0.194. The number of aryl methyl sites for hydroxylation is 1. The minimum Gasteiger partial charge on any atom is -0.456 e. The SMILES string of the molecule is CC(=O)OCC(=O)N(c1cc(F)nc(F)c1)c1nc(C(O)NC2CCC2(C)C)c(C)s1. The van der Waals surface area contributed by atoms with Crippen LogP contribution in [0.5, 0.6) is 0 Å². The molecule has 2 unspecified atom stereocenters. The third-order valence-electron chi connectivity index (χ3n) is 5.31. The number of rotatable bonds is 7. The van der Waals surface area contributed by atoms with E-state index in [9.17, 15) is 23.5 Å². The normalized spacial score (nSPS) is 18.2. The van der Waals surface area contributed by atoms with Crippen LogP contribution in [0.25, 0.3) is 0 Å². The van der Waals surface area contributed by atoms with Crippen molar-refractivity contribution in [3.05, 3.63) is 34.6 Å². The molecule has 0 bridgehead atoms. The van der Waals surface area contributed by atoms with Gasteiger partial charge in [-0.25, -0.2) is 4.98 Å². The Hall–Kier alpha value is -2.50. The molecule has 31 heavy (non-hydrogen) atoms. The van der Waals surface area contributed by atoms with Crippen molar-refractivity contribution < 1.29 is 28.2 Å². The van der Waals surface area contributed by atoms with E-state index < -0.39 is 36.6 Å². The molecule has 0 saturated heterocycles. The van der Waals surface area contributed by atoms with E-state index in [2.05, 4.69) is 29.1 Å². The first-order chi connectivity index (χ1) is 14.5. The van der Waals surface area contributed by atoms with Gasteiger partial charge in [-0.2, -0.15) is 13.8 Å². The third-order valence-corrected chi connectivity index (χ3v) is 6.28. The Bertz CT molecular complexity index is 977. The molecule has 2 aromatic heterocycles. The molecule has 2 aromatic rings. The number of esters is 1. The quantitative estimate of drug-likeness (QED) is 0.376. The highest BCUT2D eigenvalue weighted by molar-refractivity contribution is 7.16. The lowest BCUT2D eigenvalue weighted by Crippen LogP contribution is -2.51. The molecule has 2 atom stereocenters. The van der Waals surface area contributed by atoms with Crippen molar-refractivity contribution in [3.8, 4) is 0 Å². The molecule has 2 heterocycles. The van der Waals surface area contributed by atoms with Crippen LogP contribution < -0.4 is 10.2 Å². The van der Waals surface area contributed by atoms with Gasteiger partial charge in [0.15, 0.2) is 11.7 Å². The summed E-state index contributed by atoms with van der Waals surface area (Å²) in [6.07, 6.45) is 0.879. The van der Waals surface area contributed by atoms with Crippen LogP contribution in [0.4, 0.5) is 19.6 Å². The van der Waals surface area contributed by atoms with Crippen molar-refractivity contribution in [1.29, 1.82) is 0 Å². The topological polar surface area (TPSA) is 105 Å². The summed E-state index contributed by atoms with van der Waals surface area (Å²) in [4.78, 5) is 32.8. The molecule has 8 nitrogen and oxygen atoms in total. The molecule has 1 amide bonds. The molecule has 2 N–H and O–H groups in total. The van der Waals surface area contributed by atoms with Crippen molar-refractivity contribution in [2.24, 2.45) is 5.41 Å². The second kappa shape index (κ2) is 8.93. The Morgan fingerprint density at radius 1 is 1.35 bits per heavy atom. The van der Waals surface area contributed by atoms with Gasteiger partial charge >= 0.3 is 5.97 Å². The first-order valence-corrected chi connectivity index (χ1v) is 10.5. The second-order valence-corrected chi connectivity index (χ2v) is 9.25. The number of aliphatic hydroxyl groups excluding tert-OH is 1. The maximum absolute atomic E-state index is 13.7. The first kappa shape index (κ1) is 23.2. The largest absolute Gasteiger partial charge is 0.456 e. The number of pyridine rings is 1. The fraction of sp³-hybridized carbons (Fsp3) is 0.500. The van der Waals surface area contributed by atoms with Crippen LogP contribution in [0.1, 0.15) is 50.4 Å². The highest BCUT2D eigenvalue weighted by Crippen LogP contribution is 2.41. The van der Waals surface area contributed by atoms with Crippen molar-refractivity contribution in [1.82, 2.24) is 15.3 Å². The van der Waals surface area contributed by atoms with Crippen LogP contribution in [0, 0.1) is 24.2 Å². The molecule has 3 rings (SSSR count). The number of hydrogen-bond acceptors (Lipinski definition) is 8. The fourth-order valence-electron chi connectivity index (χ4n) is 3.36. The second-order valence-electron chi connectivity index (χ2n) is 8.07.